The Labute approximate surface area is 486 Å². The minimum Gasteiger partial charge on any atom is -0.480 e. The molecule has 1 heterocycles. The van der Waals surface area contributed by atoms with E-state index in [0.29, 0.717) is 70.1 Å². The molecule has 23 nitrogen and oxygen atoms in total. The largest absolute Gasteiger partial charge is 0.480 e. The molecular formula is C59H103N13O10. The van der Waals surface area contributed by atoms with Gasteiger partial charge in [-0.15, -0.1) is 0 Å². The number of para-hydroxylation sites is 1. The summed E-state index contributed by atoms with van der Waals surface area (Å²) >= 11 is 0. The molecule has 8 amide bonds. The Balaban J connectivity index is 2.57. The number of carbonyl (C=O) groups is 9. The van der Waals surface area contributed by atoms with Gasteiger partial charge in [-0.05, 0) is 144 Å². The Hall–Kier alpha value is -6.17. The quantitative estimate of drug-likeness (QED) is 0.0426. The van der Waals surface area contributed by atoms with Crippen LogP contribution in [-0.2, 0) is 49.6 Å². The molecule has 0 fully saturated rings. The summed E-state index contributed by atoms with van der Waals surface area (Å²) in [4.78, 5) is 129. The van der Waals surface area contributed by atoms with Gasteiger partial charge in [0.1, 0.15) is 48.3 Å². The van der Waals surface area contributed by atoms with E-state index < -0.39 is 108 Å². The van der Waals surface area contributed by atoms with Crippen molar-refractivity contribution in [3.05, 3.63) is 36.0 Å². The summed E-state index contributed by atoms with van der Waals surface area (Å²) in [6, 6.07) is -2.92. The number of fused-ring (bicyclic) bond motifs is 1. The molecule has 1 aromatic heterocycles. The molecule has 23 heteroatoms. The highest BCUT2D eigenvalue weighted by Gasteiger charge is 2.36. The van der Waals surface area contributed by atoms with E-state index in [9.17, 15) is 48.3 Å². The van der Waals surface area contributed by atoms with Crippen LogP contribution >= 0.6 is 0 Å². The number of H-pyrrole nitrogens is 1. The smallest absolute Gasteiger partial charge is 0.326 e. The SMILES string of the molecule is CC(C)C[C@H](NC(=O)[C@H](CCCCN)NC(=O)[C@H](CC(C)C)NC(=O)[C@H](CC(C)C)NC(=O)[C@H](Cc1c[nH]c2ccccc12)NC(=O)[C@H](CCCCN)NC(=O)[C@H](CC(C)C)NC(=O)[C@H](CC(C)C)NC(=O)[C@@H](N)CCCCN)C(=O)O. The van der Waals surface area contributed by atoms with Crippen molar-refractivity contribution in [2.75, 3.05) is 19.6 Å². The maximum absolute atomic E-state index is 14.9. The number of hydrogen-bond donors (Lipinski definition) is 14. The van der Waals surface area contributed by atoms with E-state index in [1.54, 1.807) is 6.20 Å². The summed E-state index contributed by atoms with van der Waals surface area (Å²) in [5, 5.41) is 33.0. The van der Waals surface area contributed by atoms with Gasteiger partial charge in [-0.25, -0.2) is 4.79 Å². The van der Waals surface area contributed by atoms with Gasteiger partial charge in [-0.3, -0.25) is 38.4 Å². The molecule has 0 aliphatic carbocycles. The number of nitrogens with one attached hydrogen (secondary N) is 9. The third kappa shape index (κ3) is 26.8. The summed E-state index contributed by atoms with van der Waals surface area (Å²) in [7, 11) is 0. The number of benzene rings is 1. The molecule has 18 N–H and O–H groups in total. The molecule has 0 aliphatic rings. The lowest BCUT2D eigenvalue weighted by atomic mass is 9.98. The average molecular weight is 1150 g/mol. The molecule has 9 atom stereocenters. The Kier molecular flexibility index (Phi) is 33.2. The number of carbonyl (C=O) groups excluding carboxylic acids is 8. The van der Waals surface area contributed by atoms with Crippen molar-refractivity contribution in [1.29, 1.82) is 0 Å². The number of carboxylic acid groups (broad SMARTS) is 1. The van der Waals surface area contributed by atoms with Gasteiger partial charge in [0.25, 0.3) is 0 Å². The molecule has 0 saturated heterocycles. The number of aliphatic carboxylic acids is 1. The van der Waals surface area contributed by atoms with Crippen molar-refractivity contribution in [2.24, 2.45) is 52.5 Å². The lowest BCUT2D eigenvalue weighted by Crippen LogP contribution is -2.61. The Morgan fingerprint density at radius 1 is 0.415 bits per heavy atom. The van der Waals surface area contributed by atoms with Crippen LogP contribution in [0.25, 0.3) is 10.9 Å². The topological polar surface area (TPSA) is 390 Å². The first kappa shape index (κ1) is 71.9. The van der Waals surface area contributed by atoms with Gasteiger partial charge in [0.2, 0.25) is 47.3 Å². The van der Waals surface area contributed by atoms with Crippen LogP contribution in [0.2, 0.25) is 0 Å². The number of carboxylic acids is 1. The van der Waals surface area contributed by atoms with E-state index in [1.807, 2.05) is 93.5 Å². The molecule has 0 bridgehead atoms. The number of unbranched alkanes of at least 4 members (excludes halogenated alkanes) is 3. The molecule has 0 radical (unpaired) electrons. The average Bonchev–Trinajstić information content (AvgIpc) is 3.99. The standard InChI is InChI=1S/C59H103N13O10/c1-34(2)27-45(67-51(73)41(63)20-13-16-24-60)56(78)68-46(28-35(3)4)54(76)65-43(22-14-17-25-61)52(74)71-49(32-39-33-64-42-21-12-11-19-40(39)42)58(80)70-48(30-37(7)8)57(79)69-47(29-36(5)6)55(77)66-44(23-15-18-26-62)53(75)72-50(59(81)82)31-38(9)10/h11-12,19,21,33-38,41,43-50,64H,13-18,20,22-32,60-63H2,1-10H3,(H,65,76)(H,66,77)(H,67,73)(H,68,78)(H,69,79)(H,70,80)(H,71,74)(H,72,75)(H,81,82)/t41-,43-,44-,45-,46-,47-,48-,49-,50-/m0/s1. The Bertz CT molecular complexity index is 2320. The van der Waals surface area contributed by atoms with Gasteiger partial charge >= 0.3 is 5.97 Å². The first-order chi connectivity index (χ1) is 38.7. The summed E-state index contributed by atoms with van der Waals surface area (Å²) < 4.78 is 0. The van der Waals surface area contributed by atoms with Crippen LogP contribution in [0, 0.1) is 29.6 Å². The van der Waals surface area contributed by atoms with Crippen LogP contribution in [0.3, 0.4) is 0 Å². The van der Waals surface area contributed by atoms with Crippen molar-refractivity contribution in [1.82, 2.24) is 47.5 Å². The van der Waals surface area contributed by atoms with Gasteiger partial charge in [0.15, 0.2) is 0 Å². The zero-order chi connectivity index (χ0) is 61.6. The molecular weight excluding hydrogens is 1050 g/mol. The fourth-order valence-electron chi connectivity index (χ4n) is 9.58. The van der Waals surface area contributed by atoms with Crippen LogP contribution in [0.5, 0.6) is 0 Å². The van der Waals surface area contributed by atoms with Gasteiger partial charge < -0.3 is 75.6 Å². The zero-order valence-electron chi connectivity index (χ0n) is 50.6. The van der Waals surface area contributed by atoms with Crippen LogP contribution in [0.1, 0.15) is 165 Å². The molecule has 0 aliphatic heterocycles. The Morgan fingerprint density at radius 2 is 0.720 bits per heavy atom. The Morgan fingerprint density at radius 3 is 1.10 bits per heavy atom. The van der Waals surface area contributed by atoms with Gasteiger partial charge in [0, 0.05) is 23.5 Å². The highest BCUT2D eigenvalue weighted by atomic mass is 16.4. The molecule has 2 aromatic rings. The molecule has 0 unspecified atom stereocenters. The molecule has 0 saturated carbocycles. The van der Waals surface area contributed by atoms with Gasteiger partial charge in [-0.2, -0.15) is 0 Å². The maximum atomic E-state index is 14.9. The molecule has 1 aromatic carbocycles. The zero-order valence-corrected chi connectivity index (χ0v) is 50.6. The predicted molar refractivity (Wildman–Crippen MR) is 319 cm³/mol. The summed E-state index contributed by atoms with van der Waals surface area (Å²) in [5.74, 6) is -6.96. The van der Waals surface area contributed by atoms with E-state index in [2.05, 4.69) is 47.5 Å². The van der Waals surface area contributed by atoms with Gasteiger partial charge in [0.05, 0.1) is 6.04 Å². The number of aromatic nitrogens is 1. The van der Waals surface area contributed by atoms with Crippen molar-refractivity contribution in [3.63, 3.8) is 0 Å². The van der Waals surface area contributed by atoms with Crippen molar-refractivity contribution < 1.29 is 48.3 Å². The van der Waals surface area contributed by atoms with E-state index >= 15 is 0 Å². The number of aromatic amines is 1. The second kappa shape index (κ2) is 37.8. The normalized spacial score (nSPS) is 15.0. The lowest BCUT2D eigenvalue weighted by molar-refractivity contribution is -0.143. The minimum atomic E-state index is -1.33. The van der Waals surface area contributed by atoms with Crippen LogP contribution < -0.4 is 65.5 Å². The molecule has 2 rings (SSSR count). The molecule has 0 spiro atoms. The maximum Gasteiger partial charge on any atom is 0.326 e. The lowest BCUT2D eigenvalue weighted by Gasteiger charge is -2.29. The van der Waals surface area contributed by atoms with Crippen molar-refractivity contribution in [3.8, 4) is 0 Å². The number of nitrogens with two attached hydrogens (primary N) is 4. The first-order valence-electron chi connectivity index (χ1n) is 29.8. The van der Waals surface area contributed by atoms with Gasteiger partial charge in [-0.1, -0.05) is 93.9 Å². The number of rotatable bonds is 41. The second-order valence-electron chi connectivity index (χ2n) is 24.0. The second-order valence-corrected chi connectivity index (χ2v) is 24.0. The van der Waals surface area contributed by atoms with Crippen molar-refractivity contribution in [2.45, 2.75) is 220 Å². The first-order valence-corrected chi connectivity index (χ1v) is 29.8. The minimum absolute atomic E-state index is 0.0247. The summed E-state index contributed by atoms with van der Waals surface area (Å²) in [6.45, 7) is 19.7. The van der Waals surface area contributed by atoms with Crippen molar-refractivity contribution >= 4 is 64.1 Å². The van der Waals surface area contributed by atoms with E-state index in [4.69, 9.17) is 22.9 Å². The third-order valence-electron chi connectivity index (χ3n) is 13.9. The highest BCUT2D eigenvalue weighted by Crippen LogP contribution is 2.21. The third-order valence-corrected chi connectivity index (χ3v) is 13.9. The summed E-state index contributed by atoms with van der Waals surface area (Å²) in [6.07, 6.45) is 6.38. The van der Waals surface area contributed by atoms with E-state index in [0.717, 1.165) is 10.9 Å². The monoisotopic (exact) mass is 1150 g/mol. The van der Waals surface area contributed by atoms with Crippen LogP contribution in [0.15, 0.2) is 30.5 Å². The number of hydrogen-bond acceptors (Lipinski definition) is 13. The summed E-state index contributed by atoms with van der Waals surface area (Å²) in [5.41, 5.74) is 24.9. The van der Waals surface area contributed by atoms with Crippen LogP contribution in [-0.4, -0.2) is 137 Å². The fraction of sp³-hybridized carbons (Fsp3) is 0.712. The highest BCUT2D eigenvalue weighted by molar-refractivity contribution is 5.98. The predicted octanol–water partition coefficient (Wildman–Crippen LogP) is 2.62. The molecule has 464 valence electrons. The number of amides is 8. The molecule has 82 heavy (non-hydrogen) atoms. The fourth-order valence-corrected chi connectivity index (χ4v) is 9.58. The van der Waals surface area contributed by atoms with E-state index in [-0.39, 0.29) is 81.0 Å². The van der Waals surface area contributed by atoms with E-state index in [1.165, 1.54) is 0 Å². The van der Waals surface area contributed by atoms with Crippen LogP contribution in [0.4, 0.5) is 0 Å².